The molecule has 0 spiro atoms. The van der Waals surface area contributed by atoms with Gasteiger partial charge < -0.3 is 20.3 Å². The van der Waals surface area contributed by atoms with E-state index in [2.05, 4.69) is 33.7 Å². The van der Waals surface area contributed by atoms with Crippen molar-refractivity contribution in [2.75, 3.05) is 32.0 Å². The van der Waals surface area contributed by atoms with Gasteiger partial charge in [0.15, 0.2) is 0 Å². The molecule has 9 heteroatoms. The zero-order valence-corrected chi connectivity index (χ0v) is 18.9. The number of hydrogen-bond donors (Lipinski definition) is 2. The monoisotopic (exact) mass is 455 g/mol. The highest BCUT2D eigenvalue weighted by atomic mass is 35.5. The first-order valence-electron chi connectivity index (χ1n) is 10.2. The summed E-state index contributed by atoms with van der Waals surface area (Å²) < 4.78 is 8.09. The van der Waals surface area contributed by atoms with E-state index in [0.29, 0.717) is 12.8 Å². The standard InChI is InChI=1S/C21H29N5O2.2ClH/c1-25-11-8-20(9-12-25)28-19-5-2-16(3-6-19)23-21(27)7-4-17-14-18-15-22-10-13-26(18)24-17;;/h2-3,5-6,14,20,22H,4,7-13,15H2,1H3,(H,23,27);2*1H. The minimum Gasteiger partial charge on any atom is -0.490 e. The third-order valence-corrected chi connectivity index (χ3v) is 5.44. The molecular formula is C21H31Cl2N5O2. The van der Waals surface area contributed by atoms with E-state index in [1.165, 1.54) is 5.69 Å². The Bertz CT molecular complexity index is 781. The summed E-state index contributed by atoms with van der Waals surface area (Å²) in [6.45, 7) is 4.86. The number of hydrogen-bond acceptors (Lipinski definition) is 5. The Kier molecular flexibility index (Phi) is 9.42. The van der Waals surface area contributed by atoms with E-state index >= 15 is 0 Å². The van der Waals surface area contributed by atoms with Crippen LogP contribution in [0.3, 0.4) is 0 Å². The molecule has 0 radical (unpaired) electrons. The van der Waals surface area contributed by atoms with Gasteiger partial charge in [0.25, 0.3) is 0 Å². The SMILES string of the molecule is CN1CCC(Oc2ccc(NC(=O)CCc3cc4n(n3)CCNC4)cc2)CC1.Cl.Cl. The molecule has 1 saturated heterocycles. The lowest BCUT2D eigenvalue weighted by Crippen LogP contribution is -2.35. The van der Waals surface area contributed by atoms with Gasteiger partial charge in [0.05, 0.1) is 17.9 Å². The van der Waals surface area contributed by atoms with Gasteiger partial charge in [0.1, 0.15) is 11.9 Å². The molecule has 2 aliphatic heterocycles. The quantitative estimate of drug-likeness (QED) is 0.700. The number of aryl methyl sites for hydroxylation is 1. The zero-order chi connectivity index (χ0) is 19.3. The van der Waals surface area contributed by atoms with Crippen LogP contribution < -0.4 is 15.4 Å². The van der Waals surface area contributed by atoms with Crippen LogP contribution in [0.5, 0.6) is 5.75 Å². The molecule has 2 aromatic rings. The van der Waals surface area contributed by atoms with Crippen LogP contribution in [0.15, 0.2) is 30.3 Å². The minimum atomic E-state index is 0. The van der Waals surface area contributed by atoms with Crippen LogP contribution in [0.2, 0.25) is 0 Å². The Morgan fingerprint density at radius 2 is 1.93 bits per heavy atom. The first-order chi connectivity index (χ1) is 13.7. The highest BCUT2D eigenvalue weighted by Crippen LogP contribution is 2.21. The molecule has 0 unspecified atom stereocenters. The molecule has 166 valence electrons. The Balaban J connectivity index is 0.00000160. The van der Waals surface area contributed by atoms with Crippen molar-refractivity contribution in [1.29, 1.82) is 0 Å². The summed E-state index contributed by atoms with van der Waals surface area (Å²) in [6, 6.07) is 9.77. The van der Waals surface area contributed by atoms with Crippen molar-refractivity contribution in [2.45, 2.75) is 44.9 Å². The smallest absolute Gasteiger partial charge is 0.224 e. The Morgan fingerprint density at radius 1 is 1.20 bits per heavy atom. The highest BCUT2D eigenvalue weighted by molar-refractivity contribution is 5.90. The fraction of sp³-hybridized carbons (Fsp3) is 0.524. The van der Waals surface area contributed by atoms with Gasteiger partial charge in [0, 0.05) is 44.7 Å². The number of ether oxygens (including phenoxy) is 1. The molecule has 0 atom stereocenters. The molecule has 1 amide bonds. The van der Waals surface area contributed by atoms with E-state index in [0.717, 1.165) is 62.7 Å². The lowest BCUT2D eigenvalue weighted by atomic mass is 10.1. The normalized spacial score (nSPS) is 16.7. The van der Waals surface area contributed by atoms with Crippen LogP contribution in [0.25, 0.3) is 0 Å². The molecule has 0 aliphatic carbocycles. The average molecular weight is 456 g/mol. The van der Waals surface area contributed by atoms with Crippen LogP contribution in [-0.4, -0.2) is 53.4 Å². The number of nitrogens with zero attached hydrogens (tertiary/aromatic N) is 3. The molecule has 2 aliphatic rings. The van der Waals surface area contributed by atoms with E-state index < -0.39 is 0 Å². The highest BCUT2D eigenvalue weighted by Gasteiger charge is 2.18. The lowest BCUT2D eigenvalue weighted by Gasteiger charge is -2.29. The largest absolute Gasteiger partial charge is 0.490 e. The molecular weight excluding hydrogens is 425 g/mol. The third kappa shape index (κ3) is 6.60. The van der Waals surface area contributed by atoms with E-state index in [1.54, 1.807) is 0 Å². The predicted octanol–water partition coefficient (Wildman–Crippen LogP) is 2.87. The van der Waals surface area contributed by atoms with Gasteiger partial charge >= 0.3 is 0 Å². The molecule has 4 rings (SSSR count). The van der Waals surface area contributed by atoms with E-state index in [1.807, 2.05) is 28.9 Å². The van der Waals surface area contributed by atoms with E-state index in [4.69, 9.17) is 4.74 Å². The molecule has 0 saturated carbocycles. The fourth-order valence-corrected chi connectivity index (χ4v) is 3.75. The van der Waals surface area contributed by atoms with Crippen molar-refractivity contribution in [2.24, 2.45) is 0 Å². The van der Waals surface area contributed by atoms with Crippen molar-refractivity contribution in [1.82, 2.24) is 20.0 Å². The van der Waals surface area contributed by atoms with Crippen molar-refractivity contribution < 1.29 is 9.53 Å². The van der Waals surface area contributed by atoms with Gasteiger partial charge in [0.2, 0.25) is 5.91 Å². The van der Waals surface area contributed by atoms with E-state index in [9.17, 15) is 4.79 Å². The van der Waals surface area contributed by atoms with Gasteiger partial charge in [-0.3, -0.25) is 9.48 Å². The van der Waals surface area contributed by atoms with Crippen LogP contribution in [0.4, 0.5) is 5.69 Å². The molecule has 2 N–H and O–H groups in total. The Labute approximate surface area is 190 Å². The number of amides is 1. The Morgan fingerprint density at radius 3 is 2.63 bits per heavy atom. The second kappa shape index (κ2) is 11.6. The van der Waals surface area contributed by atoms with Gasteiger partial charge in [-0.15, -0.1) is 24.8 Å². The number of carbonyl (C=O) groups is 1. The van der Waals surface area contributed by atoms with Crippen LogP contribution in [0, 0.1) is 0 Å². The summed E-state index contributed by atoms with van der Waals surface area (Å²) in [6.07, 6.45) is 3.49. The zero-order valence-electron chi connectivity index (χ0n) is 17.3. The van der Waals surface area contributed by atoms with E-state index in [-0.39, 0.29) is 36.8 Å². The summed E-state index contributed by atoms with van der Waals surface area (Å²) >= 11 is 0. The first-order valence-corrected chi connectivity index (χ1v) is 10.2. The van der Waals surface area contributed by atoms with Crippen molar-refractivity contribution in [3.05, 3.63) is 41.7 Å². The number of fused-ring (bicyclic) bond motifs is 1. The molecule has 1 aromatic heterocycles. The topological polar surface area (TPSA) is 71.4 Å². The maximum Gasteiger partial charge on any atom is 0.224 e. The molecule has 0 bridgehead atoms. The van der Waals surface area contributed by atoms with Crippen LogP contribution in [0.1, 0.15) is 30.7 Å². The molecule has 30 heavy (non-hydrogen) atoms. The number of likely N-dealkylation sites (tertiary alicyclic amines) is 1. The number of rotatable bonds is 6. The van der Waals surface area contributed by atoms with Crippen molar-refractivity contribution in [3.63, 3.8) is 0 Å². The first kappa shape index (κ1) is 24.5. The molecule has 1 aromatic carbocycles. The van der Waals surface area contributed by atoms with Crippen molar-refractivity contribution >= 4 is 36.4 Å². The van der Waals surface area contributed by atoms with Crippen LogP contribution >= 0.6 is 24.8 Å². The fourth-order valence-electron chi connectivity index (χ4n) is 3.75. The van der Waals surface area contributed by atoms with Crippen LogP contribution in [-0.2, 0) is 24.3 Å². The lowest BCUT2D eigenvalue weighted by molar-refractivity contribution is -0.116. The second-order valence-electron chi connectivity index (χ2n) is 7.72. The maximum absolute atomic E-state index is 12.3. The minimum absolute atomic E-state index is 0. The second-order valence-corrected chi connectivity index (χ2v) is 7.72. The number of nitrogens with one attached hydrogen (secondary N) is 2. The number of piperidine rings is 1. The molecule has 3 heterocycles. The average Bonchev–Trinajstić information content (AvgIpc) is 3.13. The number of aromatic nitrogens is 2. The Hall–Kier alpha value is -1.80. The van der Waals surface area contributed by atoms with Gasteiger partial charge in [-0.25, -0.2) is 0 Å². The van der Waals surface area contributed by atoms with Gasteiger partial charge in [-0.1, -0.05) is 0 Å². The summed E-state index contributed by atoms with van der Waals surface area (Å²) in [7, 11) is 2.14. The molecule has 7 nitrogen and oxygen atoms in total. The summed E-state index contributed by atoms with van der Waals surface area (Å²) in [5.41, 5.74) is 2.98. The van der Waals surface area contributed by atoms with Crippen molar-refractivity contribution in [3.8, 4) is 5.75 Å². The predicted molar refractivity (Wildman–Crippen MR) is 123 cm³/mol. The number of anilines is 1. The van der Waals surface area contributed by atoms with Gasteiger partial charge in [-0.2, -0.15) is 5.10 Å². The summed E-state index contributed by atoms with van der Waals surface area (Å²) in [5.74, 6) is 0.873. The third-order valence-electron chi connectivity index (χ3n) is 5.44. The number of carbonyl (C=O) groups excluding carboxylic acids is 1. The maximum atomic E-state index is 12.3. The summed E-state index contributed by atoms with van der Waals surface area (Å²) in [4.78, 5) is 14.6. The number of benzene rings is 1. The summed E-state index contributed by atoms with van der Waals surface area (Å²) in [5, 5.41) is 10.9. The molecule has 1 fully saturated rings. The van der Waals surface area contributed by atoms with Gasteiger partial charge in [-0.05, 0) is 50.2 Å². The number of halogens is 2.